The van der Waals surface area contributed by atoms with Crippen LogP contribution in [0.5, 0.6) is 0 Å². The SMILES string of the molecule is O=C(c1cnc(C2CC2)nc1)N1CCC(c2[nH]ncc2Cc2ccccc2)CC1. The molecule has 0 bridgehead atoms. The van der Waals surface area contributed by atoms with Crippen molar-refractivity contribution in [3.8, 4) is 0 Å². The van der Waals surface area contributed by atoms with Crippen LogP contribution in [0.2, 0.25) is 0 Å². The molecule has 6 heteroatoms. The fourth-order valence-electron chi connectivity index (χ4n) is 4.19. The summed E-state index contributed by atoms with van der Waals surface area (Å²) in [5, 5.41) is 7.52. The molecule has 1 aromatic carbocycles. The van der Waals surface area contributed by atoms with Crippen LogP contribution in [0.1, 0.15) is 70.5 Å². The molecule has 1 saturated carbocycles. The molecule has 6 nitrogen and oxygen atoms in total. The van der Waals surface area contributed by atoms with Gasteiger partial charge in [0.1, 0.15) is 5.82 Å². The lowest BCUT2D eigenvalue weighted by atomic mass is 9.89. The van der Waals surface area contributed by atoms with E-state index in [1.807, 2.05) is 17.2 Å². The van der Waals surface area contributed by atoms with E-state index in [9.17, 15) is 4.79 Å². The smallest absolute Gasteiger partial charge is 0.256 e. The maximum absolute atomic E-state index is 12.8. The van der Waals surface area contributed by atoms with Crippen LogP contribution in [0.25, 0.3) is 0 Å². The van der Waals surface area contributed by atoms with Gasteiger partial charge in [-0.15, -0.1) is 0 Å². The molecule has 0 unspecified atom stereocenters. The molecule has 2 aromatic heterocycles. The number of hydrogen-bond donors (Lipinski definition) is 1. The van der Waals surface area contributed by atoms with Crippen molar-refractivity contribution in [3.05, 3.63) is 77.1 Å². The second-order valence-electron chi connectivity index (χ2n) is 8.14. The van der Waals surface area contributed by atoms with Gasteiger partial charge in [0, 0.05) is 49.4 Å². The van der Waals surface area contributed by atoms with Gasteiger partial charge in [0.15, 0.2) is 0 Å². The van der Waals surface area contributed by atoms with Crippen LogP contribution in [-0.2, 0) is 6.42 Å². The zero-order valence-corrected chi connectivity index (χ0v) is 16.4. The number of rotatable bonds is 5. The van der Waals surface area contributed by atoms with Crippen LogP contribution in [-0.4, -0.2) is 44.1 Å². The lowest BCUT2D eigenvalue weighted by Crippen LogP contribution is -2.38. The summed E-state index contributed by atoms with van der Waals surface area (Å²) in [7, 11) is 0. The summed E-state index contributed by atoms with van der Waals surface area (Å²) >= 11 is 0. The number of carbonyl (C=O) groups is 1. The molecule has 2 aliphatic rings. The summed E-state index contributed by atoms with van der Waals surface area (Å²) in [5.74, 6) is 1.84. The first-order chi connectivity index (χ1) is 14.3. The fraction of sp³-hybridized carbons (Fsp3) is 0.391. The Morgan fingerprint density at radius 1 is 0.966 bits per heavy atom. The molecule has 0 spiro atoms. The molecule has 5 rings (SSSR count). The first-order valence-corrected chi connectivity index (χ1v) is 10.4. The number of H-pyrrole nitrogens is 1. The van der Waals surface area contributed by atoms with E-state index >= 15 is 0 Å². The molecule has 1 amide bonds. The monoisotopic (exact) mass is 387 g/mol. The zero-order valence-electron chi connectivity index (χ0n) is 16.4. The van der Waals surface area contributed by atoms with E-state index < -0.39 is 0 Å². The quantitative estimate of drug-likeness (QED) is 0.725. The van der Waals surface area contributed by atoms with Gasteiger partial charge in [-0.1, -0.05) is 30.3 Å². The highest BCUT2D eigenvalue weighted by Crippen LogP contribution is 2.37. The summed E-state index contributed by atoms with van der Waals surface area (Å²) < 4.78 is 0. The fourth-order valence-corrected chi connectivity index (χ4v) is 4.19. The van der Waals surface area contributed by atoms with E-state index in [0.717, 1.165) is 38.2 Å². The molecule has 1 aliphatic heterocycles. The highest BCUT2D eigenvalue weighted by atomic mass is 16.2. The maximum Gasteiger partial charge on any atom is 0.256 e. The summed E-state index contributed by atoms with van der Waals surface area (Å²) in [6, 6.07) is 10.5. The van der Waals surface area contributed by atoms with Crippen LogP contribution in [0, 0.1) is 0 Å². The summed E-state index contributed by atoms with van der Waals surface area (Å²) in [6.45, 7) is 1.50. The van der Waals surface area contributed by atoms with Crippen molar-refractivity contribution in [2.24, 2.45) is 0 Å². The Labute approximate surface area is 170 Å². The minimum absolute atomic E-state index is 0.0416. The predicted molar refractivity (Wildman–Crippen MR) is 110 cm³/mol. The van der Waals surface area contributed by atoms with Crippen LogP contribution in [0.15, 0.2) is 48.9 Å². The van der Waals surface area contributed by atoms with Gasteiger partial charge in [-0.2, -0.15) is 5.10 Å². The van der Waals surface area contributed by atoms with Gasteiger partial charge in [-0.3, -0.25) is 9.89 Å². The van der Waals surface area contributed by atoms with E-state index in [1.54, 1.807) is 12.4 Å². The molecule has 3 aromatic rings. The van der Waals surface area contributed by atoms with Crippen molar-refractivity contribution in [1.82, 2.24) is 25.1 Å². The summed E-state index contributed by atoms with van der Waals surface area (Å²) in [6.07, 6.45) is 10.4. The van der Waals surface area contributed by atoms with Gasteiger partial charge in [0.05, 0.1) is 11.8 Å². The van der Waals surface area contributed by atoms with E-state index in [1.165, 1.54) is 29.7 Å². The van der Waals surface area contributed by atoms with Gasteiger partial charge in [0.25, 0.3) is 5.91 Å². The van der Waals surface area contributed by atoms with Gasteiger partial charge < -0.3 is 4.90 Å². The Bertz CT molecular complexity index is 970. The second-order valence-corrected chi connectivity index (χ2v) is 8.14. The van der Waals surface area contributed by atoms with Gasteiger partial charge in [-0.05, 0) is 36.8 Å². The molecule has 29 heavy (non-hydrogen) atoms. The molecule has 0 radical (unpaired) electrons. The summed E-state index contributed by atoms with van der Waals surface area (Å²) in [5.41, 5.74) is 4.36. The highest BCUT2D eigenvalue weighted by molar-refractivity contribution is 5.93. The van der Waals surface area contributed by atoms with Crippen molar-refractivity contribution in [2.75, 3.05) is 13.1 Å². The van der Waals surface area contributed by atoms with E-state index in [2.05, 4.69) is 44.4 Å². The minimum atomic E-state index is 0.0416. The number of likely N-dealkylation sites (tertiary alicyclic amines) is 1. The second kappa shape index (κ2) is 7.78. The topological polar surface area (TPSA) is 74.8 Å². The molecule has 2 fully saturated rings. The Hall–Kier alpha value is -3.02. The first kappa shape index (κ1) is 18.0. The molecular weight excluding hydrogens is 362 g/mol. The average Bonchev–Trinajstić information content (AvgIpc) is 3.53. The zero-order chi connectivity index (χ0) is 19.6. The molecule has 1 saturated heterocycles. The normalized spacial score (nSPS) is 17.4. The van der Waals surface area contributed by atoms with Crippen molar-refractivity contribution in [1.29, 1.82) is 0 Å². The van der Waals surface area contributed by atoms with Crippen molar-refractivity contribution in [3.63, 3.8) is 0 Å². The van der Waals surface area contributed by atoms with E-state index in [-0.39, 0.29) is 5.91 Å². The Morgan fingerprint density at radius 2 is 1.69 bits per heavy atom. The predicted octanol–water partition coefficient (Wildman–Crippen LogP) is 3.69. The standard InChI is InChI=1S/C23H25N5O/c29-23(20-13-24-22(25-14-20)18-6-7-18)28-10-8-17(9-11-28)21-19(15-26-27-21)12-16-4-2-1-3-5-16/h1-5,13-15,17-18H,6-12H2,(H,26,27). The van der Waals surface area contributed by atoms with Crippen molar-refractivity contribution >= 4 is 5.91 Å². The number of aromatic nitrogens is 4. The number of piperidine rings is 1. The number of nitrogens with one attached hydrogen (secondary N) is 1. The number of nitrogens with zero attached hydrogens (tertiary/aromatic N) is 4. The van der Waals surface area contributed by atoms with Gasteiger partial charge >= 0.3 is 0 Å². The van der Waals surface area contributed by atoms with Gasteiger partial charge in [0.2, 0.25) is 0 Å². The first-order valence-electron chi connectivity index (χ1n) is 10.4. The summed E-state index contributed by atoms with van der Waals surface area (Å²) in [4.78, 5) is 23.5. The Balaban J connectivity index is 1.21. The third-order valence-electron chi connectivity index (χ3n) is 6.04. The Morgan fingerprint density at radius 3 is 2.38 bits per heavy atom. The van der Waals surface area contributed by atoms with Crippen molar-refractivity contribution in [2.45, 2.75) is 43.9 Å². The van der Waals surface area contributed by atoms with Crippen LogP contribution in [0.4, 0.5) is 0 Å². The van der Waals surface area contributed by atoms with Gasteiger partial charge in [-0.25, -0.2) is 9.97 Å². The molecule has 3 heterocycles. The lowest BCUT2D eigenvalue weighted by Gasteiger charge is -2.32. The van der Waals surface area contributed by atoms with Crippen LogP contribution >= 0.6 is 0 Å². The average molecular weight is 387 g/mol. The molecule has 1 aliphatic carbocycles. The number of hydrogen-bond acceptors (Lipinski definition) is 4. The number of amides is 1. The Kier molecular flexibility index (Phi) is 4.84. The molecular formula is C23H25N5O. The number of aromatic amines is 1. The highest BCUT2D eigenvalue weighted by Gasteiger charge is 2.29. The van der Waals surface area contributed by atoms with Crippen molar-refractivity contribution < 1.29 is 4.79 Å². The minimum Gasteiger partial charge on any atom is -0.339 e. The van der Waals surface area contributed by atoms with Crippen LogP contribution < -0.4 is 0 Å². The van der Waals surface area contributed by atoms with E-state index in [4.69, 9.17) is 0 Å². The number of benzene rings is 1. The molecule has 148 valence electrons. The van der Waals surface area contributed by atoms with Crippen LogP contribution in [0.3, 0.4) is 0 Å². The lowest BCUT2D eigenvalue weighted by molar-refractivity contribution is 0.0711. The third-order valence-corrected chi connectivity index (χ3v) is 6.04. The third kappa shape index (κ3) is 3.92. The number of carbonyl (C=O) groups excluding carboxylic acids is 1. The van der Waals surface area contributed by atoms with E-state index in [0.29, 0.717) is 17.4 Å². The maximum atomic E-state index is 12.8. The molecule has 0 atom stereocenters. The largest absolute Gasteiger partial charge is 0.339 e. The molecule has 1 N–H and O–H groups in total.